The summed E-state index contributed by atoms with van der Waals surface area (Å²) >= 11 is 1.40. The van der Waals surface area contributed by atoms with E-state index in [9.17, 15) is 9.59 Å². The normalized spacial score (nSPS) is 11.3. The number of nitrogens with zero attached hydrogens (tertiary/aromatic N) is 1. The van der Waals surface area contributed by atoms with Gasteiger partial charge in [-0.2, -0.15) is 0 Å². The molecule has 0 aliphatic carbocycles. The molecular weight excluding hydrogens is 388 g/mol. The highest BCUT2D eigenvalue weighted by Gasteiger charge is 2.17. The van der Waals surface area contributed by atoms with Crippen molar-refractivity contribution in [3.63, 3.8) is 0 Å². The number of aromatic nitrogens is 1. The van der Waals surface area contributed by atoms with Gasteiger partial charge in [-0.15, -0.1) is 0 Å². The van der Waals surface area contributed by atoms with Gasteiger partial charge in [0.1, 0.15) is 11.3 Å². The van der Waals surface area contributed by atoms with E-state index >= 15 is 0 Å². The van der Waals surface area contributed by atoms with Gasteiger partial charge < -0.3 is 9.15 Å². The molecule has 0 bridgehead atoms. The monoisotopic (exact) mass is 408 g/mol. The van der Waals surface area contributed by atoms with Crippen molar-refractivity contribution in [2.75, 3.05) is 5.32 Å². The average molecular weight is 408 g/mol. The zero-order chi connectivity index (χ0) is 20.7. The van der Waals surface area contributed by atoms with E-state index in [1.54, 1.807) is 18.2 Å². The molecule has 2 heterocycles. The van der Waals surface area contributed by atoms with Crippen molar-refractivity contribution in [2.45, 2.75) is 33.8 Å². The number of fused-ring (bicyclic) bond motifs is 2. The van der Waals surface area contributed by atoms with Gasteiger partial charge in [0, 0.05) is 17.5 Å². The maximum atomic E-state index is 12.9. The summed E-state index contributed by atoms with van der Waals surface area (Å²) in [5.41, 5.74) is 3.00. The first-order valence-electron chi connectivity index (χ1n) is 9.24. The van der Waals surface area contributed by atoms with Gasteiger partial charge in [-0.1, -0.05) is 17.4 Å². The Morgan fingerprint density at radius 2 is 1.97 bits per heavy atom. The number of amides is 1. The molecule has 0 saturated heterocycles. The third kappa shape index (κ3) is 3.86. The highest BCUT2D eigenvalue weighted by molar-refractivity contribution is 7.22. The fourth-order valence-electron chi connectivity index (χ4n) is 3.26. The van der Waals surface area contributed by atoms with E-state index in [1.807, 2.05) is 33.8 Å². The number of thiazole rings is 1. The molecule has 148 valence electrons. The maximum Gasteiger partial charge on any atom is 0.337 e. The molecule has 1 amide bonds. The van der Waals surface area contributed by atoms with Crippen molar-refractivity contribution >= 4 is 43.6 Å². The van der Waals surface area contributed by atoms with Crippen LogP contribution in [0.4, 0.5) is 5.13 Å². The number of benzene rings is 2. The summed E-state index contributed by atoms with van der Waals surface area (Å²) in [5, 5.41) is 3.84. The summed E-state index contributed by atoms with van der Waals surface area (Å²) in [7, 11) is 0. The topological polar surface area (TPSA) is 81.4 Å². The van der Waals surface area contributed by atoms with Gasteiger partial charge in [0.25, 0.3) is 5.91 Å². The van der Waals surface area contributed by atoms with E-state index in [-0.39, 0.29) is 11.7 Å². The van der Waals surface area contributed by atoms with Gasteiger partial charge in [0.2, 0.25) is 0 Å². The number of aryl methyl sites for hydroxylation is 2. The highest BCUT2D eigenvalue weighted by Crippen LogP contribution is 2.30. The van der Waals surface area contributed by atoms with Crippen molar-refractivity contribution in [1.29, 1.82) is 0 Å². The first-order valence-corrected chi connectivity index (χ1v) is 10.1. The Bertz CT molecular complexity index is 1300. The van der Waals surface area contributed by atoms with Crippen molar-refractivity contribution in [2.24, 2.45) is 0 Å². The second-order valence-electron chi connectivity index (χ2n) is 7.21. The second-order valence-corrected chi connectivity index (χ2v) is 8.24. The molecule has 7 heteroatoms. The van der Waals surface area contributed by atoms with Gasteiger partial charge in [0.15, 0.2) is 5.13 Å². The van der Waals surface area contributed by atoms with E-state index in [4.69, 9.17) is 9.15 Å². The second kappa shape index (κ2) is 7.33. The molecule has 0 spiro atoms. The number of rotatable bonds is 4. The number of nitrogens with one attached hydrogen (secondary N) is 1. The zero-order valence-electron chi connectivity index (χ0n) is 16.5. The number of anilines is 1. The van der Waals surface area contributed by atoms with E-state index in [0.717, 1.165) is 21.3 Å². The Balaban J connectivity index is 1.71. The van der Waals surface area contributed by atoms with Gasteiger partial charge in [-0.25, -0.2) is 9.78 Å². The molecule has 0 radical (unpaired) electrons. The minimum absolute atomic E-state index is 0.0169. The van der Waals surface area contributed by atoms with Crippen molar-refractivity contribution in [3.8, 4) is 5.75 Å². The molecule has 0 fully saturated rings. The van der Waals surface area contributed by atoms with Crippen molar-refractivity contribution in [1.82, 2.24) is 4.98 Å². The van der Waals surface area contributed by atoms with Gasteiger partial charge in [0.05, 0.1) is 21.9 Å². The minimum Gasteiger partial charge on any atom is -0.491 e. The van der Waals surface area contributed by atoms with E-state index in [1.165, 1.54) is 17.4 Å². The molecule has 0 saturated carbocycles. The van der Waals surface area contributed by atoms with Crippen LogP contribution in [0.25, 0.3) is 21.2 Å². The molecule has 6 nitrogen and oxygen atoms in total. The van der Waals surface area contributed by atoms with Crippen LogP contribution < -0.4 is 15.7 Å². The van der Waals surface area contributed by atoms with Crippen LogP contribution in [-0.4, -0.2) is 17.0 Å². The molecule has 4 rings (SSSR count). The largest absolute Gasteiger partial charge is 0.491 e. The average Bonchev–Trinajstić information content (AvgIpc) is 3.02. The van der Waals surface area contributed by atoms with Gasteiger partial charge in [-0.05, 0) is 57.0 Å². The summed E-state index contributed by atoms with van der Waals surface area (Å²) in [6.45, 7) is 7.83. The molecule has 2 aromatic heterocycles. The predicted molar refractivity (Wildman–Crippen MR) is 115 cm³/mol. The van der Waals surface area contributed by atoms with Crippen LogP contribution in [-0.2, 0) is 0 Å². The smallest absolute Gasteiger partial charge is 0.337 e. The van der Waals surface area contributed by atoms with Crippen molar-refractivity contribution < 1.29 is 13.9 Å². The lowest BCUT2D eigenvalue weighted by Crippen LogP contribution is -2.15. The third-order valence-corrected chi connectivity index (χ3v) is 5.30. The lowest BCUT2D eigenvalue weighted by Gasteiger charge is -2.11. The Kier molecular flexibility index (Phi) is 4.84. The molecule has 4 aromatic rings. The molecule has 0 unspecified atom stereocenters. The standard InChI is InChI=1S/C22H20N2O4S/c1-11(2)27-14-5-6-15-16(10-19(25)28-17(15)9-14)21(26)24-22-23-20-13(4)7-12(3)8-18(20)29-22/h5-11H,1-4H3,(H,23,24,26). The Hall–Kier alpha value is -3.19. The van der Waals surface area contributed by atoms with Crippen LogP contribution in [0.15, 0.2) is 45.6 Å². The number of carbonyl (C=O) groups excluding carboxylic acids is 1. The van der Waals surface area contributed by atoms with Gasteiger partial charge in [-0.3, -0.25) is 10.1 Å². The van der Waals surface area contributed by atoms with Crippen LogP contribution in [0.2, 0.25) is 0 Å². The Morgan fingerprint density at radius 3 is 2.72 bits per heavy atom. The number of hydrogen-bond donors (Lipinski definition) is 1. The molecular formula is C22H20N2O4S. The quantitative estimate of drug-likeness (QED) is 0.477. The molecule has 1 N–H and O–H groups in total. The first-order chi connectivity index (χ1) is 13.8. The zero-order valence-corrected chi connectivity index (χ0v) is 17.3. The summed E-state index contributed by atoms with van der Waals surface area (Å²) in [4.78, 5) is 29.5. The molecule has 0 atom stereocenters. The number of carbonyl (C=O) groups is 1. The number of hydrogen-bond acceptors (Lipinski definition) is 6. The molecule has 0 aliphatic heterocycles. The minimum atomic E-state index is -0.597. The molecule has 2 aromatic carbocycles. The summed E-state index contributed by atoms with van der Waals surface area (Å²) in [6.07, 6.45) is -0.0169. The lowest BCUT2D eigenvalue weighted by molar-refractivity contribution is 0.102. The summed E-state index contributed by atoms with van der Waals surface area (Å²) < 4.78 is 11.9. The fraction of sp³-hybridized carbons (Fsp3) is 0.227. The molecule has 0 aliphatic rings. The Morgan fingerprint density at radius 1 is 1.17 bits per heavy atom. The van der Waals surface area contributed by atoms with Crippen LogP contribution in [0.1, 0.15) is 35.3 Å². The van der Waals surface area contributed by atoms with Crippen LogP contribution in [0.5, 0.6) is 5.75 Å². The predicted octanol–water partition coefficient (Wildman–Crippen LogP) is 5.06. The highest BCUT2D eigenvalue weighted by atomic mass is 32.1. The van der Waals surface area contributed by atoms with Crippen LogP contribution >= 0.6 is 11.3 Å². The maximum absolute atomic E-state index is 12.9. The number of ether oxygens (including phenoxy) is 1. The third-order valence-electron chi connectivity index (χ3n) is 4.38. The van der Waals surface area contributed by atoms with Crippen LogP contribution in [0, 0.1) is 13.8 Å². The summed E-state index contributed by atoms with van der Waals surface area (Å²) in [5.74, 6) is 0.166. The van der Waals surface area contributed by atoms with Gasteiger partial charge >= 0.3 is 5.63 Å². The SMILES string of the molecule is Cc1cc(C)c2nc(NC(=O)c3cc(=O)oc4cc(OC(C)C)ccc34)sc2c1. The lowest BCUT2D eigenvalue weighted by atomic mass is 10.1. The summed E-state index contributed by atoms with van der Waals surface area (Å²) in [6, 6.07) is 10.4. The van der Waals surface area contributed by atoms with Crippen molar-refractivity contribution in [3.05, 3.63) is 63.5 Å². The Labute approximate surface area is 171 Å². The first kappa shape index (κ1) is 19.1. The molecule has 29 heavy (non-hydrogen) atoms. The van der Waals surface area contributed by atoms with E-state index < -0.39 is 11.5 Å². The fourth-order valence-corrected chi connectivity index (χ4v) is 4.30. The van der Waals surface area contributed by atoms with E-state index in [2.05, 4.69) is 16.4 Å². The van der Waals surface area contributed by atoms with Crippen LogP contribution in [0.3, 0.4) is 0 Å². The van der Waals surface area contributed by atoms with E-state index in [0.29, 0.717) is 21.9 Å².